The first kappa shape index (κ1) is 24.9. The second kappa shape index (κ2) is 11.4. The van der Waals surface area contributed by atoms with E-state index >= 15 is 0 Å². The number of hydrogen-bond donors (Lipinski definition) is 1. The van der Waals surface area contributed by atoms with Crippen molar-refractivity contribution in [3.8, 4) is 0 Å². The van der Waals surface area contributed by atoms with Crippen LogP contribution in [0.5, 0.6) is 0 Å². The molecule has 1 N–H and O–H groups in total. The van der Waals surface area contributed by atoms with Crippen molar-refractivity contribution < 1.29 is 8.42 Å². The Bertz CT molecular complexity index is 1080. The Kier molecular flexibility index (Phi) is 8.88. The summed E-state index contributed by atoms with van der Waals surface area (Å²) in [5.74, 6) is 0.225. The second-order valence-electron chi connectivity index (χ2n) is 8.25. The number of nitrogens with one attached hydrogen (secondary N) is 1. The average molecular weight is 486 g/mol. The molecule has 0 aliphatic rings. The Balaban J connectivity index is 1.94. The Morgan fingerprint density at radius 2 is 1.31 bits per heavy atom. The van der Waals surface area contributed by atoms with Crippen LogP contribution in [0.3, 0.4) is 0 Å². The van der Waals surface area contributed by atoms with E-state index in [-0.39, 0.29) is 17.2 Å². The third kappa shape index (κ3) is 5.98. The summed E-state index contributed by atoms with van der Waals surface area (Å²) in [4.78, 5) is 2.36. The van der Waals surface area contributed by atoms with Gasteiger partial charge in [-0.15, -0.1) is 0 Å². The standard InChI is InChI=1S/C26H31NO2S3/c1-18(2)25(27-32(29)22-16-12-20(4)13-17-22)26(30-5)23-8-6-7-9-24(23)31(28)21-14-10-19(3)11-15-21/h6-18,25-27H,1-5H3/t25-,26+,31?,32?/m1/s1. The summed E-state index contributed by atoms with van der Waals surface area (Å²) in [5.41, 5.74) is 3.30. The minimum absolute atomic E-state index is 0.00463. The number of aryl methyl sites for hydroxylation is 2. The van der Waals surface area contributed by atoms with E-state index in [9.17, 15) is 8.42 Å². The third-order valence-corrected chi connectivity index (χ3v) is 9.15. The SMILES string of the molecule is CS[C@@H](c1ccccc1S(=O)c1ccc(C)cc1)[C@H](NS(=O)c1ccc(C)cc1)C(C)C. The quantitative estimate of drug-likeness (QED) is 0.392. The molecular weight excluding hydrogens is 454 g/mol. The van der Waals surface area contributed by atoms with Gasteiger partial charge in [-0.1, -0.05) is 67.4 Å². The topological polar surface area (TPSA) is 46.2 Å². The molecule has 32 heavy (non-hydrogen) atoms. The lowest BCUT2D eigenvalue weighted by Crippen LogP contribution is -2.39. The van der Waals surface area contributed by atoms with E-state index in [1.54, 1.807) is 11.8 Å². The summed E-state index contributed by atoms with van der Waals surface area (Å²) >= 11 is 1.70. The Morgan fingerprint density at radius 3 is 1.84 bits per heavy atom. The molecule has 3 aromatic rings. The van der Waals surface area contributed by atoms with Gasteiger partial charge in [-0.2, -0.15) is 11.8 Å². The predicted molar refractivity (Wildman–Crippen MR) is 138 cm³/mol. The van der Waals surface area contributed by atoms with Crippen LogP contribution in [-0.4, -0.2) is 20.7 Å². The van der Waals surface area contributed by atoms with E-state index < -0.39 is 21.8 Å². The van der Waals surface area contributed by atoms with Crippen LogP contribution in [0, 0.1) is 19.8 Å². The fraction of sp³-hybridized carbons (Fsp3) is 0.308. The van der Waals surface area contributed by atoms with Gasteiger partial charge in [-0.25, -0.2) is 13.1 Å². The highest BCUT2D eigenvalue weighted by Crippen LogP contribution is 2.38. The van der Waals surface area contributed by atoms with Crippen molar-refractivity contribution in [3.05, 3.63) is 89.5 Å². The molecule has 0 radical (unpaired) electrons. The van der Waals surface area contributed by atoms with Crippen LogP contribution in [0.2, 0.25) is 0 Å². The Labute approximate surface area is 201 Å². The zero-order valence-electron chi connectivity index (χ0n) is 19.2. The maximum atomic E-state index is 13.5. The van der Waals surface area contributed by atoms with Crippen LogP contribution < -0.4 is 4.72 Å². The van der Waals surface area contributed by atoms with E-state index in [0.29, 0.717) is 0 Å². The van der Waals surface area contributed by atoms with E-state index in [4.69, 9.17) is 0 Å². The molecule has 0 amide bonds. The summed E-state index contributed by atoms with van der Waals surface area (Å²) in [6.45, 7) is 8.31. The third-order valence-electron chi connectivity index (χ3n) is 5.44. The first-order valence-corrected chi connectivity index (χ1v) is 14.3. The zero-order valence-corrected chi connectivity index (χ0v) is 21.7. The van der Waals surface area contributed by atoms with E-state index in [0.717, 1.165) is 31.4 Å². The lowest BCUT2D eigenvalue weighted by Gasteiger charge is -2.31. The number of hydrogen-bond acceptors (Lipinski definition) is 3. The number of thioether (sulfide) groups is 1. The van der Waals surface area contributed by atoms with E-state index in [2.05, 4.69) is 30.9 Å². The van der Waals surface area contributed by atoms with Crippen LogP contribution >= 0.6 is 11.8 Å². The van der Waals surface area contributed by atoms with Crippen molar-refractivity contribution in [2.24, 2.45) is 5.92 Å². The molecule has 3 rings (SSSR count). The molecule has 0 heterocycles. The summed E-state index contributed by atoms with van der Waals surface area (Å²) in [6, 6.07) is 23.5. The van der Waals surface area contributed by atoms with Gasteiger partial charge in [0.25, 0.3) is 0 Å². The summed E-state index contributed by atoms with van der Waals surface area (Å²) in [7, 11) is -2.62. The summed E-state index contributed by atoms with van der Waals surface area (Å²) in [5, 5.41) is -0.00463. The fourth-order valence-electron chi connectivity index (χ4n) is 3.54. The first-order chi connectivity index (χ1) is 15.3. The first-order valence-electron chi connectivity index (χ1n) is 10.7. The van der Waals surface area contributed by atoms with Crippen molar-refractivity contribution in [2.45, 2.75) is 53.7 Å². The highest BCUT2D eigenvalue weighted by molar-refractivity contribution is 7.99. The average Bonchev–Trinajstić information content (AvgIpc) is 2.79. The molecular formula is C26H31NO2S3. The van der Waals surface area contributed by atoms with Gasteiger partial charge < -0.3 is 0 Å². The van der Waals surface area contributed by atoms with Crippen molar-refractivity contribution in [1.29, 1.82) is 0 Å². The largest absolute Gasteiger partial charge is 0.249 e. The lowest BCUT2D eigenvalue weighted by atomic mass is 9.96. The van der Waals surface area contributed by atoms with Gasteiger partial charge in [0, 0.05) is 21.1 Å². The Hall–Kier alpha value is -1.73. The molecule has 3 aromatic carbocycles. The monoisotopic (exact) mass is 485 g/mol. The molecule has 3 nitrogen and oxygen atoms in total. The summed E-state index contributed by atoms with van der Waals surface area (Å²) < 4.78 is 30.0. The maximum absolute atomic E-state index is 13.5. The fourth-order valence-corrected chi connectivity index (χ4v) is 7.26. The molecule has 170 valence electrons. The minimum atomic E-state index is -1.33. The number of benzene rings is 3. The van der Waals surface area contributed by atoms with Crippen molar-refractivity contribution in [1.82, 2.24) is 4.72 Å². The lowest BCUT2D eigenvalue weighted by molar-refractivity contribution is 0.449. The van der Waals surface area contributed by atoms with Crippen LogP contribution in [0.4, 0.5) is 0 Å². The van der Waals surface area contributed by atoms with Crippen LogP contribution in [0.25, 0.3) is 0 Å². The molecule has 0 saturated carbocycles. The molecule has 0 bridgehead atoms. The van der Waals surface area contributed by atoms with Gasteiger partial charge in [0.05, 0.1) is 15.7 Å². The minimum Gasteiger partial charge on any atom is -0.249 e. The van der Waals surface area contributed by atoms with Crippen LogP contribution in [-0.2, 0) is 21.8 Å². The van der Waals surface area contributed by atoms with Crippen molar-refractivity contribution in [3.63, 3.8) is 0 Å². The molecule has 0 saturated heterocycles. The normalized spacial score (nSPS) is 15.3. The van der Waals surface area contributed by atoms with Crippen LogP contribution in [0.1, 0.15) is 35.8 Å². The molecule has 0 aromatic heterocycles. The van der Waals surface area contributed by atoms with Gasteiger partial charge in [-0.05, 0) is 61.9 Å². The second-order valence-corrected chi connectivity index (χ2v) is 11.9. The van der Waals surface area contributed by atoms with Gasteiger partial charge in [0.2, 0.25) is 0 Å². The zero-order chi connectivity index (χ0) is 23.3. The van der Waals surface area contributed by atoms with Crippen molar-refractivity contribution >= 4 is 33.5 Å². The smallest absolute Gasteiger partial charge is 0.125 e. The van der Waals surface area contributed by atoms with E-state index in [1.807, 2.05) is 80.6 Å². The molecule has 0 aliphatic carbocycles. The van der Waals surface area contributed by atoms with Gasteiger partial charge >= 0.3 is 0 Å². The molecule has 6 heteroatoms. The number of rotatable bonds is 9. The van der Waals surface area contributed by atoms with Crippen molar-refractivity contribution in [2.75, 3.05) is 6.26 Å². The molecule has 4 atom stereocenters. The highest BCUT2D eigenvalue weighted by Gasteiger charge is 2.30. The predicted octanol–water partition coefficient (Wildman–Crippen LogP) is 6.21. The van der Waals surface area contributed by atoms with Gasteiger partial charge in [0.15, 0.2) is 0 Å². The van der Waals surface area contributed by atoms with Crippen LogP contribution in [0.15, 0.2) is 87.5 Å². The molecule has 0 fully saturated rings. The highest BCUT2D eigenvalue weighted by atomic mass is 32.2. The van der Waals surface area contributed by atoms with Gasteiger partial charge in [-0.3, -0.25) is 0 Å². The molecule has 0 aliphatic heterocycles. The van der Waals surface area contributed by atoms with Gasteiger partial charge in [0.1, 0.15) is 11.0 Å². The molecule has 2 unspecified atom stereocenters. The van der Waals surface area contributed by atoms with E-state index in [1.165, 1.54) is 0 Å². The Morgan fingerprint density at radius 1 is 0.781 bits per heavy atom. The maximum Gasteiger partial charge on any atom is 0.125 e. The summed E-state index contributed by atoms with van der Waals surface area (Å²) in [6.07, 6.45) is 2.06. The molecule has 0 spiro atoms.